The second-order valence-corrected chi connectivity index (χ2v) is 5.84. The van der Waals surface area contributed by atoms with Crippen LogP contribution in [0, 0.1) is 0 Å². The van der Waals surface area contributed by atoms with Gasteiger partial charge in [-0.2, -0.15) is 13.2 Å². The van der Waals surface area contributed by atoms with E-state index >= 15 is 0 Å². The van der Waals surface area contributed by atoms with Crippen molar-refractivity contribution < 1.29 is 27.8 Å². The largest absolute Gasteiger partial charge is 0.496 e. The molecule has 0 bridgehead atoms. The number of nitrogens with zero attached hydrogens (tertiary/aromatic N) is 1. The minimum Gasteiger partial charge on any atom is -0.496 e. The van der Waals surface area contributed by atoms with Crippen LogP contribution in [0.2, 0.25) is 5.02 Å². The highest BCUT2D eigenvalue weighted by Crippen LogP contribution is 2.38. The normalized spacial score (nSPS) is 11.6. The van der Waals surface area contributed by atoms with Crippen LogP contribution in [0.1, 0.15) is 15.9 Å². The molecule has 0 fully saturated rings. The van der Waals surface area contributed by atoms with Crippen molar-refractivity contribution in [2.75, 3.05) is 7.11 Å². The molecule has 2 aromatic carbocycles. The van der Waals surface area contributed by atoms with E-state index in [-0.39, 0.29) is 16.6 Å². The number of halogens is 4. The summed E-state index contributed by atoms with van der Waals surface area (Å²) in [5, 5.41) is 9.67. The van der Waals surface area contributed by atoms with Gasteiger partial charge in [0.15, 0.2) is 0 Å². The van der Waals surface area contributed by atoms with Crippen LogP contribution in [0.4, 0.5) is 13.2 Å². The minimum absolute atomic E-state index is 0.0194. The van der Waals surface area contributed by atoms with E-state index in [0.29, 0.717) is 16.3 Å². The van der Waals surface area contributed by atoms with Crippen LogP contribution < -0.4 is 4.74 Å². The Morgan fingerprint density at radius 2 is 1.92 bits per heavy atom. The number of aromatic nitrogens is 1. The fourth-order valence-corrected chi connectivity index (χ4v) is 2.84. The van der Waals surface area contributed by atoms with Gasteiger partial charge in [-0.1, -0.05) is 23.7 Å². The van der Waals surface area contributed by atoms with Crippen LogP contribution in [0.25, 0.3) is 22.2 Å². The van der Waals surface area contributed by atoms with Crippen LogP contribution >= 0.6 is 11.6 Å². The number of para-hydroxylation sites is 1. The quantitative estimate of drug-likeness (QED) is 0.670. The van der Waals surface area contributed by atoms with Gasteiger partial charge in [-0.05, 0) is 30.3 Å². The van der Waals surface area contributed by atoms with Crippen molar-refractivity contribution in [3.05, 3.63) is 58.6 Å². The topological polar surface area (TPSA) is 59.4 Å². The highest BCUT2D eigenvalue weighted by molar-refractivity contribution is 6.31. The van der Waals surface area contributed by atoms with Gasteiger partial charge < -0.3 is 9.84 Å². The zero-order chi connectivity index (χ0) is 19.1. The zero-order valence-corrected chi connectivity index (χ0v) is 14.0. The Hall–Kier alpha value is -2.80. The molecule has 0 aliphatic rings. The number of rotatable bonds is 3. The maximum absolute atomic E-state index is 13.4. The van der Waals surface area contributed by atoms with Gasteiger partial charge in [0, 0.05) is 16.0 Å². The summed E-state index contributed by atoms with van der Waals surface area (Å²) in [6.07, 6.45) is -4.68. The molecular formula is C18H11ClF3NO3. The SMILES string of the molecule is COc1ccc(Cl)cc1-c1cc(C(=O)O)c2cccc(C(F)(F)F)c2n1. The van der Waals surface area contributed by atoms with Gasteiger partial charge in [-0.15, -0.1) is 0 Å². The maximum Gasteiger partial charge on any atom is 0.418 e. The third-order valence-corrected chi connectivity index (χ3v) is 4.05. The number of aromatic carboxylic acids is 1. The number of pyridine rings is 1. The molecule has 0 amide bonds. The molecule has 0 spiro atoms. The summed E-state index contributed by atoms with van der Waals surface area (Å²) in [4.78, 5) is 15.7. The number of hydrogen-bond donors (Lipinski definition) is 1. The number of fused-ring (bicyclic) bond motifs is 1. The molecular weight excluding hydrogens is 371 g/mol. The first-order chi connectivity index (χ1) is 12.2. The van der Waals surface area contributed by atoms with Crippen molar-refractivity contribution in [1.82, 2.24) is 4.98 Å². The Morgan fingerprint density at radius 3 is 2.54 bits per heavy atom. The second-order valence-electron chi connectivity index (χ2n) is 5.40. The molecule has 0 atom stereocenters. The van der Waals surface area contributed by atoms with Crippen molar-refractivity contribution in [3.63, 3.8) is 0 Å². The molecule has 3 rings (SSSR count). The van der Waals surface area contributed by atoms with Crippen molar-refractivity contribution in [2.24, 2.45) is 0 Å². The summed E-state index contributed by atoms with van der Waals surface area (Å²) < 4.78 is 45.3. The molecule has 1 heterocycles. The molecule has 4 nitrogen and oxygen atoms in total. The lowest BCUT2D eigenvalue weighted by Crippen LogP contribution is -2.09. The standard InChI is InChI=1S/C18H11ClF3NO3/c1-26-15-6-5-9(19)7-12(15)14-8-11(17(24)25)10-3-2-4-13(16(10)23-14)18(20,21)22/h2-8H,1H3,(H,24,25). The molecule has 0 radical (unpaired) electrons. The Morgan fingerprint density at radius 1 is 1.19 bits per heavy atom. The summed E-state index contributed by atoms with van der Waals surface area (Å²) in [6.45, 7) is 0. The first-order valence-electron chi connectivity index (χ1n) is 7.30. The minimum atomic E-state index is -4.68. The highest BCUT2D eigenvalue weighted by Gasteiger charge is 2.34. The van der Waals surface area contributed by atoms with Gasteiger partial charge in [-0.3, -0.25) is 0 Å². The van der Waals surface area contributed by atoms with Crippen LogP contribution in [-0.2, 0) is 6.18 Å². The van der Waals surface area contributed by atoms with Crippen molar-refractivity contribution in [2.45, 2.75) is 6.18 Å². The van der Waals surface area contributed by atoms with E-state index in [0.717, 1.165) is 12.1 Å². The predicted molar refractivity (Wildman–Crippen MR) is 90.7 cm³/mol. The van der Waals surface area contributed by atoms with E-state index in [1.807, 2.05) is 0 Å². The molecule has 0 aliphatic carbocycles. The maximum atomic E-state index is 13.4. The van der Waals surface area contributed by atoms with Crippen molar-refractivity contribution in [3.8, 4) is 17.0 Å². The van der Waals surface area contributed by atoms with Crippen LogP contribution in [0.3, 0.4) is 0 Å². The average Bonchev–Trinajstić information content (AvgIpc) is 2.59. The van der Waals surface area contributed by atoms with Crippen molar-refractivity contribution in [1.29, 1.82) is 0 Å². The molecule has 0 saturated heterocycles. The third kappa shape index (κ3) is 3.17. The number of hydrogen-bond acceptors (Lipinski definition) is 3. The lowest BCUT2D eigenvalue weighted by atomic mass is 10.0. The Kier molecular flexibility index (Phi) is 4.50. The van der Waals surface area contributed by atoms with Gasteiger partial charge in [0.1, 0.15) is 5.75 Å². The van der Waals surface area contributed by atoms with E-state index in [1.54, 1.807) is 6.07 Å². The number of carbonyl (C=O) groups is 1. The fourth-order valence-electron chi connectivity index (χ4n) is 2.67. The van der Waals surface area contributed by atoms with Gasteiger partial charge in [0.25, 0.3) is 0 Å². The predicted octanol–water partition coefficient (Wildman–Crippen LogP) is 5.28. The molecule has 1 aromatic heterocycles. The van der Waals surface area contributed by atoms with E-state index in [4.69, 9.17) is 16.3 Å². The second kappa shape index (κ2) is 6.49. The van der Waals surface area contributed by atoms with Gasteiger partial charge in [-0.25, -0.2) is 9.78 Å². The first kappa shape index (κ1) is 18.0. The number of carboxylic acids is 1. The van der Waals surface area contributed by atoms with Gasteiger partial charge >= 0.3 is 12.1 Å². The monoisotopic (exact) mass is 381 g/mol. The smallest absolute Gasteiger partial charge is 0.418 e. The molecule has 0 saturated carbocycles. The summed E-state index contributed by atoms with van der Waals surface area (Å²) in [7, 11) is 1.38. The number of alkyl halides is 3. The Bertz CT molecular complexity index is 1020. The van der Waals surface area contributed by atoms with E-state index < -0.39 is 23.2 Å². The number of carboxylic acid groups (broad SMARTS) is 1. The molecule has 1 N–H and O–H groups in total. The number of ether oxygens (including phenoxy) is 1. The van der Waals surface area contributed by atoms with Gasteiger partial charge in [0.2, 0.25) is 0 Å². The average molecular weight is 382 g/mol. The Balaban J connectivity index is 2.42. The third-order valence-electron chi connectivity index (χ3n) is 3.81. The lowest BCUT2D eigenvalue weighted by Gasteiger charge is -2.14. The van der Waals surface area contributed by atoms with Crippen LogP contribution in [0.5, 0.6) is 5.75 Å². The number of benzene rings is 2. The number of methoxy groups -OCH3 is 1. The molecule has 8 heteroatoms. The summed E-state index contributed by atoms with van der Waals surface area (Å²) in [5.41, 5.74) is -1.44. The van der Waals surface area contributed by atoms with Crippen LogP contribution in [-0.4, -0.2) is 23.2 Å². The van der Waals surface area contributed by atoms with E-state index in [1.165, 1.54) is 31.4 Å². The van der Waals surface area contributed by atoms with Crippen molar-refractivity contribution >= 4 is 28.5 Å². The Labute approximate surface area is 150 Å². The fraction of sp³-hybridized carbons (Fsp3) is 0.111. The summed E-state index contributed by atoms with van der Waals surface area (Å²) in [5.74, 6) is -1.05. The molecule has 3 aromatic rings. The van der Waals surface area contributed by atoms with Crippen LogP contribution in [0.15, 0.2) is 42.5 Å². The molecule has 26 heavy (non-hydrogen) atoms. The summed E-state index contributed by atoms with van der Waals surface area (Å²) in [6, 6.07) is 9.04. The first-order valence-corrected chi connectivity index (χ1v) is 7.68. The molecule has 0 unspecified atom stereocenters. The van der Waals surface area contributed by atoms with E-state index in [9.17, 15) is 23.1 Å². The van der Waals surface area contributed by atoms with Gasteiger partial charge in [0.05, 0.1) is 29.4 Å². The zero-order valence-electron chi connectivity index (χ0n) is 13.3. The molecule has 0 aliphatic heterocycles. The summed E-state index contributed by atoms with van der Waals surface area (Å²) >= 11 is 5.97. The molecule has 134 valence electrons. The lowest BCUT2D eigenvalue weighted by molar-refractivity contribution is -0.136. The van der Waals surface area contributed by atoms with E-state index in [2.05, 4.69) is 4.98 Å². The highest BCUT2D eigenvalue weighted by atomic mass is 35.5.